The molecule has 0 spiro atoms. The van der Waals surface area contributed by atoms with Crippen LogP contribution >= 0.6 is 11.6 Å². The van der Waals surface area contributed by atoms with Gasteiger partial charge in [0.15, 0.2) is 0 Å². The van der Waals surface area contributed by atoms with Crippen molar-refractivity contribution < 1.29 is 0 Å². The molecule has 1 heterocycles. The third kappa shape index (κ3) is 2.04. The van der Waals surface area contributed by atoms with Gasteiger partial charge >= 0.3 is 0 Å². The van der Waals surface area contributed by atoms with Crippen LogP contribution in [0.15, 0.2) is 84.9 Å². The number of piperidine rings is 1. The molecule has 1 saturated heterocycles. The molecule has 2 aliphatic rings. The molecule has 5 rings (SSSR count). The Labute approximate surface area is 160 Å². The molecule has 1 aliphatic heterocycles. The van der Waals surface area contributed by atoms with E-state index >= 15 is 0 Å². The predicted octanol–water partition coefficient (Wildman–Crippen LogP) is 5.78. The second kappa shape index (κ2) is 5.62. The highest BCUT2D eigenvalue weighted by Crippen LogP contribution is 2.75. The Hall–Kier alpha value is -2.25. The first-order valence-corrected chi connectivity index (χ1v) is 9.65. The minimum absolute atomic E-state index is 0.116. The van der Waals surface area contributed by atoms with Crippen LogP contribution in [0, 0.1) is 11.3 Å². The number of nitrogens with zero attached hydrogens (tertiary/aromatic N) is 1. The molecule has 0 amide bonds. The SMILES string of the molecule is CC12CN(c3cccc(Cl)c3)CC1C2(c1ccccc1)c1ccccc1. The molecule has 2 unspecified atom stereocenters. The molecule has 2 heteroatoms. The summed E-state index contributed by atoms with van der Waals surface area (Å²) in [4.78, 5) is 2.50. The van der Waals surface area contributed by atoms with Crippen molar-refractivity contribution in [3.8, 4) is 0 Å². The zero-order chi connectivity index (χ0) is 17.8. The van der Waals surface area contributed by atoms with Crippen molar-refractivity contribution in [3.63, 3.8) is 0 Å². The fourth-order valence-corrected chi connectivity index (χ4v) is 5.72. The maximum absolute atomic E-state index is 6.23. The second-order valence-corrected chi connectivity index (χ2v) is 8.31. The van der Waals surface area contributed by atoms with Crippen LogP contribution in [0.25, 0.3) is 0 Å². The van der Waals surface area contributed by atoms with E-state index in [1.54, 1.807) is 0 Å². The molecular weight excluding hydrogens is 338 g/mol. The first-order valence-electron chi connectivity index (χ1n) is 9.28. The molecule has 26 heavy (non-hydrogen) atoms. The van der Waals surface area contributed by atoms with Crippen LogP contribution in [0.4, 0.5) is 5.69 Å². The van der Waals surface area contributed by atoms with Gasteiger partial charge in [-0.1, -0.05) is 85.3 Å². The van der Waals surface area contributed by atoms with Gasteiger partial charge in [-0.25, -0.2) is 0 Å². The van der Waals surface area contributed by atoms with E-state index in [0.717, 1.165) is 18.1 Å². The topological polar surface area (TPSA) is 3.24 Å². The zero-order valence-corrected chi connectivity index (χ0v) is 15.7. The molecule has 3 aromatic carbocycles. The van der Waals surface area contributed by atoms with Gasteiger partial charge in [0.25, 0.3) is 0 Å². The van der Waals surface area contributed by atoms with Crippen LogP contribution in [0.5, 0.6) is 0 Å². The first kappa shape index (κ1) is 16.0. The smallest absolute Gasteiger partial charge is 0.0426 e. The van der Waals surface area contributed by atoms with Crippen molar-refractivity contribution >= 4 is 17.3 Å². The number of halogens is 1. The summed E-state index contributed by atoms with van der Waals surface area (Å²) in [6.07, 6.45) is 0. The fraction of sp³-hybridized carbons (Fsp3) is 0.250. The number of hydrogen-bond donors (Lipinski definition) is 0. The van der Waals surface area contributed by atoms with Crippen molar-refractivity contribution in [1.29, 1.82) is 0 Å². The Morgan fingerprint density at radius 1 is 0.846 bits per heavy atom. The predicted molar refractivity (Wildman–Crippen MR) is 109 cm³/mol. The molecule has 3 aromatic rings. The Kier molecular flexibility index (Phi) is 3.45. The summed E-state index contributed by atoms with van der Waals surface area (Å²) in [6.45, 7) is 4.59. The maximum Gasteiger partial charge on any atom is 0.0426 e. The van der Waals surface area contributed by atoms with Crippen LogP contribution in [-0.4, -0.2) is 13.1 Å². The molecule has 0 radical (unpaired) electrons. The number of benzene rings is 3. The summed E-state index contributed by atoms with van der Waals surface area (Å²) in [7, 11) is 0. The van der Waals surface area contributed by atoms with Crippen molar-refractivity contribution in [3.05, 3.63) is 101 Å². The van der Waals surface area contributed by atoms with Gasteiger partial charge < -0.3 is 4.90 Å². The summed E-state index contributed by atoms with van der Waals surface area (Å²) in [5.74, 6) is 0.610. The summed E-state index contributed by atoms with van der Waals surface area (Å²) in [5.41, 5.74) is 4.48. The highest BCUT2D eigenvalue weighted by molar-refractivity contribution is 6.30. The Balaban J connectivity index is 1.57. The minimum Gasteiger partial charge on any atom is -0.371 e. The average molecular weight is 360 g/mol. The Morgan fingerprint density at radius 3 is 1.96 bits per heavy atom. The zero-order valence-electron chi connectivity index (χ0n) is 14.9. The van der Waals surface area contributed by atoms with Gasteiger partial charge in [-0.15, -0.1) is 0 Å². The highest BCUT2D eigenvalue weighted by atomic mass is 35.5. The van der Waals surface area contributed by atoms with Gasteiger partial charge in [-0.05, 0) is 35.2 Å². The quantitative estimate of drug-likeness (QED) is 0.572. The van der Waals surface area contributed by atoms with E-state index in [1.807, 2.05) is 12.1 Å². The normalized spacial score (nSPS) is 25.8. The number of rotatable bonds is 3. The third-order valence-corrected chi connectivity index (χ3v) is 6.90. The van der Waals surface area contributed by atoms with Crippen LogP contribution in [0.1, 0.15) is 18.1 Å². The number of fused-ring (bicyclic) bond motifs is 1. The molecule has 1 aliphatic carbocycles. The molecule has 0 N–H and O–H groups in total. The summed E-state index contributed by atoms with van der Waals surface area (Å²) in [6, 6.07) is 30.4. The second-order valence-electron chi connectivity index (χ2n) is 7.87. The lowest BCUT2D eigenvalue weighted by Gasteiger charge is -2.32. The fourth-order valence-electron chi connectivity index (χ4n) is 5.53. The van der Waals surface area contributed by atoms with Gasteiger partial charge in [0.2, 0.25) is 0 Å². The van der Waals surface area contributed by atoms with Gasteiger partial charge in [-0.3, -0.25) is 0 Å². The molecule has 0 bridgehead atoms. The lowest BCUT2D eigenvalue weighted by atomic mass is 9.79. The average Bonchev–Trinajstić information content (AvgIpc) is 2.99. The van der Waals surface area contributed by atoms with Crippen LogP contribution in [0.2, 0.25) is 5.02 Å². The Morgan fingerprint density at radius 2 is 1.46 bits per heavy atom. The molecule has 1 saturated carbocycles. The van der Waals surface area contributed by atoms with Crippen LogP contribution in [-0.2, 0) is 5.41 Å². The van der Waals surface area contributed by atoms with Crippen LogP contribution < -0.4 is 4.90 Å². The van der Waals surface area contributed by atoms with Crippen LogP contribution in [0.3, 0.4) is 0 Å². The van der Waals surface area contributed by atoms with Crippen molar-refractivity contribution in [2.24, 2.45) is 11.3 Å². The van der Waals surface area contributed by atoms with Gasteiger partial charge in [0.1, 0.15) is 0 Å². The molecule has 1 nitrogen and oxygen atoms in total. The summed E-state index contributed by atoms with van der Waals surface area (Å²) in [5, 5.41) is 0.811. The van der Waals surface area contributed by atoms with E-state index in [-0.39, 0.29) is 10.8 Å². The molecule has 2 atom stereocenters. The lowest BCUT2D eigenvalue weighted by Crippen LogP contribution is -2.34. The summed E-state index contributed by atoms with van der Waals surface area (Å²) < 4.78 is 0. The monoisotopic (exact) mass is 359 g/mol. The van der Waals surface area contributed by atoms with E-state index in [0.29, 0.717) is 5.92 Å². The van der Waals surface area contributed by atoms with E-state index in [1.165, 1.54) is 16.8 Å². The van der Waals surface area contributed by atoms with E-state index in [4.69, 9.17) is 11.6 Å². The number of hydrogen-bond acceptors (Lipinski definition) is 1. The molecule has 2 fully saturated rings. The van der Waals surface area contributed by atoms with Crippen molar-refractivity contribution in [1.82, 2.24) is 0 Å². The third-order valence-electron chi connectivity index (χ3n) is 6.66. The molecular formula is C24H22ClN. The minimum atomic E-state index is 0.116. The maximum atomic E-state index is 6.23. The standard InChI is InChI=1S/C24H22ClN/c1-23-17-26(21-14-8-13-20(25)15-21)16-22(23)24(23,18-9-4-2-5-10-18)19-11-6-3-7-12-19/h2-15,22H,16-17H2,1H3. The molecule has 0 aromatic heterocycles. The van der Waals surface area contributed by atoms with Gasteiger partial charge in [0, 0.05) is 34.6 Å². The Bertz CT molecular complexity index is 897. The largest absolute Gasteiger partial charge is 0.371 e. The summed E-state index contributed by atoms with van der Waals surface area (Å²) >= 11 is 6.23. The highest BCUT2D eigenvalue weighted by Gasteiger charge is 2.77. The molecule has 130 valence electrons. The van der Waals surface area contributed by atoms with Crippen molar-refractivity contribution in [2.75, 3.05) is 18.0 Å². The van der Waals surface area contributed by atoms with E-state index in [2.05, 4.69) is 84.6 Å². The van der Waals surface area contributed by atoms with E-state index < -0.39 is 0 Å². The van der Waals surface area contributed by atoms with Gasteiger partial charge in [-0.2, -0.15) is 0 Å². The lowest BCUT2D eigenvalue weighted by molar-refractivity contribution is 0.510. The number of anilines is 1. The van der Waals surface area contributed by atoms with Gasteiger partial charge in [0.05, 0.1) is 0 Å². The van der Waals surface area contributed by atoms with Crippen molar-refractivity contribution in [2.45, 2.75) is 12.3 Å². The van der Waals surface area contributed by atoms with E-state index in [9.17, 15) is 0 Å². The first-order chi connectivity index (χ1) is 12.7.